The molecule has 0 radical (unpaired) electrons. The van der Waals surface area contributed by atoms with Crippen LogP contribution in [0.25, 0.3) is 0 Å². The molecule has 0 aliphatic carbocycles. The fraction of sp³-hybridized carbons (Fsp3) is 0.615. The summed E-state index contributed by atoms with van der Waals surface area (Å²) in [6.45, 7) is 6.12. The lowest BCUT2D eigenvalue weighted by Crippen LogP contribution is -2.46. The SMILES string of the molecule is CC(NS(=O)(=O)CCN1CCNCC1)c1ccncc1. The molecule has 1 aromatic rings. The molecule has 0 spiro atoms. The molecule has 7 heteroatoms. The van der Waals surface area contributed by atoms with E-state index in [1.54, 1.807) is 12.4 Å². The summed E-state index contributed by atoms with van der Waals surface area (Å²) in [7, 11) is -3.26. The number of pyridine rings is 1. The molecule has 112 valence electrons. The van der Waals surface area contributed by atoms with E-state index in [1.807, 2.05) is 19.1 Å². The minimum Gasteiger partial charge on any atom is -0.314 e. The first kappa shape index (κ1) is 15.4. The van der Waals surface area contributed by atoms with E-state index >= 15 is 0 Å². The van der Waals surface area contributed by atoms with E-state index in [1.165, 1.54) is 0 Å². The van der Waals surface area contributed by atoms with Gasteiger partial charge in [-0.05, 0) is 24.6 Å². The number of hydrogen-bond donors (Lipinski definition) is 2. The Bertz CT molecular complexity index is 500. The van der Waals surface area contributed by atoms with Crippen LogP contribution in [0.1, 0.15) is 18.5 Å². The number of nitrogens with zero attached hydrogens (tertiary/aromatic N) is 2. The number of hydrogen-bond acceptors (Lipinski definition) is 5. The molecule has 1 unspecified atom stereocenters. The van der Waals surface area contributed by atoms with Crippen LogP contribution < -0.4 is 10.0 Å². The van der Waals surface area contributed by atoms with Crippen molar-refractivity contribution in [3.05, 3.63) is 30.1 Å². The van der Waals surface area contributed by atoms with Crippen molar-refractivity contribution in [3.63, 3.8) is 0 Å². The third kappa shape index (κ3) is 4.82. The molecule has 2 N–H and O–H groups in total. The van der Waals surface area contributed by atoms with Gasteiger partial charge in [0.05, 0.1) is 5.75 Å². The Balaban J connectivity index is 1.84. The van der Waals surface area contributed by atoms with Crippen molar-refractivity contribution in [2.45, 2.75) is 13.0 Å². The highest BCUT2D eigenvalue weighted by atomic mass is 32.2. The van der Waals surface area contributed by atoms with Gasteiger partial charge in [0.15, 0.2) is 0 Å². The van der Waals surface area contributed by atoms with Crippen molar-refractivity contribution in [2.24, 2.45) is 0 Å². The van der Waals surface area contributed by atoms with Crippen LogP contribution in [-0.4, -0.2) is 56.8 Å². The Morgan fingerprint density at radius 2 is 2.00 bits per heavy atom. The van der Waals surface area contributed by atoms with Gasteiger partial charge in [-0.2, -0.15) is 0 Å². The normalized spacial score (nSPS) is 18.9. The Morgan fingerprint density at radius 3 is 2.65 bits per heavy atom. The van der Waals surface area contributed by atoms with Gasteiger partial charge in [-0.25, -0.2) is 13.1 Å². The van der Waals surface area contributed by atoms with Crippen molar-refractivity contribution in [3.8, 4) is 0 Å². The maximum Gasteiger partial charge on any atom is 0.213 e. The zero-order chi connectivity index (χ0) is 14.4. The summed E-state index contributed by atoms with van der Waals surface area (Å²) in [5.74, 6) is 0.141. The molecule has 0 aromatic carbocycles. The zero-order valence-electron chi connectivity index (χ0n) is 11.7. The summed E-state index contributed by atoms with van der Waals surface area (Å²) in [5.41, 5.74) is 0.922. The number of piperazine rings is 1. The molecule has 0 bridgehead atoms. The van der Waals surface area contributed by atoms with E-state index in [0.717, 1.165) is 31.7 Å². The average molecular weight is 298 g/mol. The van der Waals surface area contributed by atoms with Gasteiger partial charge >= 0.3 is 0 Å². The van der Waals surface area contributed by atoms with Crippen LogP contribution in [0.15, 0.2) is 24.5 Å². The lowest BCUT2D eigenvalue weighted by atomic mass is 10.1. The predicted molar refractivity (Wildman–Crippen MR) is 78.9 cm³/mol. The molecule has 0 amide bonds. The van der Waals surface area contributed by atoms with Crippen molar-refractivity contribution >= 4 is 10.0 Å². The zero-order valence-corrected chi connectivity index (χ0v) is 12.6. The van der Waals surface area contributed by atoms with Gasteiger partial charge in [0.2, 0.25) is 10.0 Å². The first-order valence-corrected chi connectivity index (χ1v) is 8.55. The molecule has 1 aliphatic rings. The smallest absolute Gasteiger partial charge is 0.213 e. The van der Waals surface area contributed by atoms with Crippen molar-refractivity contribution in [1.29, 1.82) is 0 Å². The third-order valence-corrected chi connectivity index (χ3v) is 4.88. The van der Waals surface area contributed by atoms with Gasteiger partial charge in [-0.15, -0.1) is 0 Å². The Kier molecular flexibility index (Phi) is 5.47. The standard InChI is InChI=1S/C13H22N4O2S/c1-12(13-2-4-14-5-3-13)16-20(18,19)11-10-17-8-6-15-7-9-17/h2-5,12,15-16H,6-11H2,1H3. The summed E-state index contributed by atoms with van der Waals surface area (Å²) in [6.07, 6.45) is 3.34. The highest BCUT2D eigenvalue weighted by Gasteiger charge is 2.18. The van der Waals surface area contributed by atoms with Crippen LogP contribution in [0.2, 0.25) is 0 Å². The highest BCUT2D eigenvalue weighted by molar-refractivity contribution is 7.89. The van der Waals surface area contributed by atoms with Crippen LogP contribution in [0, 0.1) is 0 Å². The van der Waals surface area contributed by atoms with E-state index in [9.17, 15) is 8.42 Å². The van der Waals surface area contributed by atoms with E-state index < -0.39 is 10.0 Å². The minimum absolute atomic E-state index is 0.141. The van der Waals surface area contributed by atoms with Gasteiger partial charge in [-0.1, -0.05) is 0 Å². The molecule has 1 fully saturated rings. The fourth-order valence-corrected chi connectivity index (χ4v) is 3.52. The second-order valence-electron chi connectivity index (χ2n) is 5.03. The molecule has 1 atom stereocenters. The van der Waals surface area contributed by atoms with Gasteiger partial charge < -0.3 is 5.32 Å². The largest absolute Gasteiger partial charge is 0.314 e. The first-order chi connectivity index (χ1) is 9.57. The van der Waals surface area contributed by atoms with Crippen LogP contribution in [0.4, 0.5) is 0 Å². The summed E-state index contributed by atoms with van der Waals surface area (Å²) in [4.78, 5) is 6.11. The number of aromatic nitrogens is 1. The molecule has 2 heterocycles. The maximum absolute atomic E-state index is 12.1. The summed E-state index contributed by atoms with van der Waals surface area (Å²) < 4.78 is 26.9. The number of sulfonamides is 1. The molecule has 0 saturated carbocycles. The molecular formula is C13H22N4O2S. The maximum atomic E-state index is 12.1. The quantitative estimate of drug-likeness (QED) is 0.771. The van der Waals surface area contributed by atoms with Crippen molar-refractivity contribution < 1.29 is 8.42 Å². The van der Waals surface area contributed by atoms with Gasteiger partial charge in [0, 0.05) is 51.2 Å². The van der Waals surface area contributed by atoms with E-state index in [0.29, 0.717) is 6.54 Å². The van der Waals surface area contributed by atoms with Gasteiger partial charge in [-0.3, -0.25) is 9.88 Å². The van der Waals surface area contributed by atoms with E-state index in [2.05, 4.69) is 19.9 Å². The highest BCUT2D eigenvalue weighted by Crippen LogP contribution is 2.11. The Morgan fingerprint density at radius 1 is 1.35 bits per heavy atom. The minimum atomic E-state index is -3.26. The number of rotatable bonds is 6. The second kappa shape index (κ2) is 7.12. The van der Waals surface area contributed by atoms with Crippen LogP contribution in [-0.2, 0) is 10.0 Å². The predicted octanol–water partition coefficient (Wildman–Crippen LogP) is -0.0328. The Labute approximate surface area is 120 Å². The van der Waals surface area contributed by atoms with Crippen molar-refractivity contribution in [2.75, 3.05) is 38.5 Å². The first-order valence-electron chi connectivity index (χ1n) is 6.90. The molecule has 20 heavy (non-hydrogen) atoms. The lowest BCUT2D eigenvalue weighted by molar-refractivity contribution is 0.253. The average Bonchev–Trinajstić information content (AvgIpc) is 2.47. The molecule has 6 nitrogen and oxygen atoms in total. The molecule has 2 rings (SSSR count). The molecule has 1 aliphatic heterocycles. The number of nitrogens with one attached hydrogen (secondary N) is 2. The molecule has 1 aromatic heterocycles. The monoisotopic (exact) mass is 298 g/mol. The fourth-order valence-electron chi connectivity index (χ4n) is 2.23. The van der Waals surface area contributed by atoms with E-state index in [4.69, 9.17) is 0 Å². The summed E-state index contributed by atoms with van der Waals surface area (Å²) >= 11 is 0. The van der Waals surface area contributed by atoms with E-state index in [-0.39, 0.29) is 11.8 Å². The van der Waals surface area contributed by atoms with Crippen molar-refractivity contribution in [1.82, 2.24) is 19.9 Å². The topological polar surface area (TPSA) is 74.3 Å². The van der Waals surface area contributed by atoms with Crippen LogP contribution in [0.5, 0.6) is 0 Å². The second-order valence-corrected chi connectivity index (χ2v) is 6.90. The summed E-state index contributed by atoms with van der Waals surface area (Å²) in [6, 6.07) is 3.42. The molecular weight excluding hydrogens is 276 g/mol. The summed E-state index contributed by atoms with van der Waals surface area (Å²) in [5, 5.41) is 3.25. The van der Waals surface area contributed by atoms with Gasteiger partial charge in [0.1, 0.15) is 0 Å². The Hall–Kier alpha value is -1.02. The third-order valence-electron chi connectivity index (χ3n) is 3.45. The van der Waals surface area contributed by atoms with Gasteiger partial charge in [0.25, 0.3) is 0 Å². The van der Waals surface area contributed by atoms with Crippen LogP contribution in [0.3, 0.4) is 0 Å². The molecule has 1 saturated heterocycles. The van der Waals surface area contributed by atoms with Crippen LogP contribution >= 0.6 is 0 Å². The lowest BCUT2D eigenvalue weighted by Gasteiger charge is -2.27.